The minimum Gasteiger partial charge on any atom is -0.481 e. The summed E-state index contributed by atoms with van der Waals surface area (Å²) in [5.74, 6) is 1.09. The van der Waals surface area contributed by atoms with Crippen molar-refractivity contribution in [2.45, 2.75) is 56.1 Å². The van der Waals surface area contributed by atoms with Crippen LogP contribution in [0.4, 0.5) is 0 Å². The fraction of sp³-hybridized carbons (Fsp3) is 0.769. The molecule has 0 saturated heterocycles. The van der Waals surface area contributed by atoms with Gasteiger partial charge in [-0.05, 0) is 18.8 Å². The van der Waals surface area contributed by atoms with Crippen molar-refractivity contribution >= 4 is 17.7 Å². The fourth-order valence-corrected chi connectivity index (χ4v) is 3.59. The van der Waals surface area contributed by atoms with Crippen LogP contribution in [0.5, 0.6) is 0 Å². The Kier molecular flexibility index (Phi) is 3.77. The third-order valence-electron chi connectivity index (χ3n) is 3.92. The summed E-state index contributed by atoms with van der Waals surface area (Å²) < 4.78 is 2.20. The molecule has 0 bridgehead atoms. The van der Waals surface area contributed by atoms with Gasteiger partial charge in [-0.25, -0.2) is 0 Å². The van der Waals surface area contributed by atoms with E-state index < -0.39 is 5.97 Å². The maximum atomic E-state index is 10.7. The second kappa shape index (κ2) is 5.53. The molecule has 2 aliphatic rings. The molecule has 5 nitrogen and oxygen atoms in total. The lowest BCUT2D eigenvalue weighted by Crippen LogP contribution is -2.09. The largest absolute Gasteiger partial charge is 0.481 e. The van der Waals surface area contributed by atoms with Crippen LogP contribution in [0, 0.1) is 5.92 Å². The van der Waals surface area contributed by atoms with Crippen LogP contribution in [0.25, 0.3) is 0 Å². The van der Waals surface area contributed by atoms with Gasteiger partial charge in [-0.3, -0.25) is 4.79 Å². The first kappa shape index (κ1) is 13.0. The minimum atomic E-state index is -0.798. The summed E-state index contributed by atoms with van der Waals surface area (Å²) in [6.45, 7) is 0. The highest BCUT2D eigenvalue weighted by Crippen LogP contribution is 2.40. The Hall–Kier alpha value is -1.04. The topological polar surface area (TPSA) is 68.0 Å². The van der Waals surface area contributed by atoms with Crippen molar-refractivity contribution in [1.29, 1.82) is 0 Å². The van der Waals surface area contributed by atoms with E-state index in [-0.39, 0.29) is 5.75 Å². The van der Waals surface area contributed by atoms with Gasteiger partial charge in [0.25, 0.3) is 0 Å². The maximum Gasteiger partial charge on any atom is 0.313 e. The third kappa shape index (κ3) is 3.11. The summed E-state index contributed by atoms with van der Waals surface area (Å²) in [6, 6.07) is 0.516. The second-order valence-corrected chi connectivity index (χ2v) is 6.48. The maximum absolute atomic E-state index is 10.7. The first-order valence-electron chi connectivity index (χ1n) is 7.02. The molecular formula is C13H19N3O2S. The Bertz CT molecular complexity index is 464. The standard InChI is InChI=1S/C13H19N3O2S/c17-12(18)8-19-13-15-14-11(16(13)10-5-6-10)7-9-3-1-2-4-9/h9-10H,1-8H2,(H,17,18). The minimum absolute atomic E-state index is 0.0638. The van der Waals surface area contributed by atoms with Crippen LogP contribution in [0.3, 0.4) is 0 Å². The zero-order valence-corrected chi connectivity index (χ0v) is 11.7. The molecule has 0 radical (unpaired) electrons. The van der Waals surface area contributed by atoms with Crippen molar-refractivity contribution in [2.24, 2.45) is 5.92 Å². The van der Waals surface area contributed by atoms with Crippen LogP contribution in [0.1, 0.15) is 50.4 Å². The second-order valence-electron chi connectivity index (χ2n) is 5.54. The lowest BCUT2D eigenvalue weighted by molar-refractivity contribution is -0.133. The molecule has 3 rings (SSSR count). The predicted molar refractivity (Wildman–Crippen MR) is 72.3 cm³/mol. The van der Waals surface area contributed by atoms with Crippen LogP contribution < -0.4 is 0 Å². The van der Waals surface area contributed by atoms with Gasteiger partial charge >= 0.3 is 5.97 Å². The molecule has 0 spiro atoms. The van der Waals surface area contributed by atoms with Crippen molar-refractivity contribution in [3.05, 3.63) is 5.82 Å². The molecule has 1 N–H and O–H groups in total. The molecule has 2 saturated carbocycles. The molecule has 2 aliphatic carbocycles. The number of hydrogen-bond donors (Lipinski definition) is 1. The van der Waals surface area contributed by atoms with E-state index >= 15 is 0 Å². The van der Waals surface area contributed by atoms with Crippen molar-refractivity contribution in [3.8, 4) is 0 Å². The van der Waals surface area contributed by atoms with Gasteiger partial charge in [-0.15, -0.1) is 10.2 Å². The van der Waals surface area contributed by atoms with E-state index in [9.17, 15) is 4.79 Å². The van der Waals surface area contributed by atoms with Gasteiger partial charge in [-0.2, -0.15) is 0 Å². The summed E-state index contributed by atoms with van der Waals surface area (Å²) in [7, 11) is 0. The molecule has 0 atom stereocenters. The van der Waals surface area contributed by atoms with Crippen LogP contribution in [0.15, 0.2) is 5.16 Å². The number of hydrogen-bond acceptors (Lipinski definition) is 4. The normalized spacial score (nSPS) is 20.0. The number of carbonyl (C=O) groups is 1. The molecule has 0 aromatic carbocycles. The Morgan fingerprint density at radius 2 is 2.00 bits per heavy atom. The highest BCUT2D eigenvalue weighted by atomic mass is 32.2. The van der Waals surface area contributed by atoms with Gasteiger partial charge in [0.15, 0.2) is 5.16 Å². The highest BCUT2D eigenvalue weighted by molar-refractivity contribution is 7.99. The van der Waals surface area contributed by atoms with Crippen molar-refractivity contribution in [3.63, 3.8) is 0 Å². The Labute approximate surface area is 116 Å². The van der Waals surface area contributed by atoms with E-state index in [2.05, 4.69) is 14.8 Å². The zero-order chi connectivity index (χ0) is 13.2. The monoisotopic (exact) mass is 281 g/mol. The molecule has 104 valence electrons. The van der Waals surface area contributed by atoms with Gasteiger partial charge in [0, 0.05) is 12.5 Å². The molecule has 0 unspecified atom stereocenters. The molecule has 19 heavy (non-hydrogen) atoms. The van der Waals surface area contributed by atoms with Crippen molar-refractivity contribution < 1.29 is 9.90 Å². The molecule has 1 heterocycles. The van der Waals surface area contributed by atoms with Gasteiger partial charge in [0.1, 0.15) is 5.82 Å². The lowest BCUT2D eigenvalue weighted by Gasteiger charge is -2.11. The summed E-state index contributed by atoms with van der Waals surface area (Å²) in [6.07, 6.45) is 8.64. The van der Waals surface area contributed by atoms with E-state index in [1.807, 2.05) is 0 Å². The number of rotatable bonds is 6. The zero-order valence-electron chi connectivity index (χ0n) is 10.9. The summed E-state index contributed by atoms with van der Waals surface area (Å²) in [5.41, 5.74) is 0. The SMILES string of the molecule is O=C(O)CSc1nnc(CC2CCCC2)n1C1CC1. The first-order chi connectivity index (χ1) is 9.24. The van der Waals surface area contributed by atoms with Crippen LogP contribution in [-0.2, 0) is 11.2 Å². The van der Waals surface area contributed by atoms with Crippen molar-refractivity contribution in [1.82, 2.24) is 14.8 Å². The molecule has 1 aromatic heterocycles. The Balaban J connectivity index is 1.73. The van der Waals surface area contributed by atoms with E-state index in [0.29, 0.717) is 6.04 Å². The van der Waals surface area contributed by atoms with Crippen LogP contribution in [0.2, 0.25) is 0 Å². The van der Waals surface area contributed by atoms with E-state index in [1.54, 1.807) is 0 Å². The average Bonchev–Trinajstić information content (AvgIpc) is 2.94. The van der Waals surface area contributed by atoms with Gasteiger partial charge in [0.05, 0.1) is 5.75 Å². The number of aliphatic carboxylic acids is 1. The predicted octanol–water partition coefficient (Wildman–Crippen LogP) is 2.52. The fourth-order valence-electron chi connectivity index (χ4n) is 2.84. The summed E-state index contributed by atoms with van der Waals surface area (Å²) >= 11 is 1.29. The number of carboxylic acids is 1. The molecule has 6 heteroatoms. The Morgan fingerprint density at radius 1 is 1.26 bits per heavy atom. The molecule has 0 amide bonds. The number of aromatic nitrogens is 3. The number of carboxylic acid groups (broad SMARTS) is 1. The van der Waals surface area contributed by atoms with Crippen molar-refractivity contribution in [2.75, 3.05) is 5.75 Å². The summed E-state index contributed by atoms with van der Waals surface area (Å²) in [4.78, 5) is 10.7. The first-order valence-corrected chi connectivity index (χ1v) is 8.01. The molecule has 1 aromatic rings. The number of nitrogens with zero attached hydrogens (tertiary/aromatic N) is 3. The molecular weight excluding hydrogens is 262 g/mol. The highest BCUT2D eigenvalue weighted by Gasteiger charge is 2.31. The molecule has 2 fully saturated rings. The van der Waals surface area contributed by atoms with E-state index in [4.69, 9.17) is 5.11 Å². The number of thioether (sulfide) groups is 1. The van der Waals surface area contributed by atoms with Gasteiger partial charge in [-0.1, -0.05) is 37.4 Å². The Morgan fingerprint density at radius 3 is 2.63 bits per heavy atom. The van der Waals surface area contributed by atoms with Gasteiger partial charge < -0.3 is 9.67 Å². The third-order valence-corrected chi connectivity index (χ3v) is 4.85. The molecule has 0 aliphatic heterocycles. The smallest absolute Gasteiger partial charge is 0.313 e. The summed E-state index contributed by atoms with van der Waals surface area (Å²) in [5, 5.41) is 18.1. The van der Waals surface area contributed by atoms with Gasteiger partial charge in [0.2, 0.25) is 0 Å². The van der Waals surface area contributed by atoms with E-state index in [0.717, 1.165) is 23.3 Å². The quantitative estimate of drug-likeness (QED) is 0.811. The van der Waals surface area contributed by atoms with E-state index in [1.165, 1.54) is 50.3 Å². The van der Waals surface area contributed by atoms with Crippen LogP contribution >= 0.6 is 11.8 Å². The lowest BCUT2D eigenvalue weighted by atomic mass is 10.0. The average molecular weight is 281 g/mol. The van der Waals surface area contributed by atoms with Crippen LogP contribution in [-0.4, -0.2) is 31.6 Å².